The van der Waals surface area contributed by atoms with Crippen molar-refractivity contribution in [3.8, 4) is 5.75 Å². The lowest BCUT2D eigenvalue weighted by molar-refractivity contribution is 0.402. The predicted octanol–water partition coefficient (Wildman–Crippen LogP) is 4.08. The van der Waals surface area contributed by atoms with Crippen molar-refractivity contribution in [2.24, 2.45) is 0 Å². The summed E-state index contributed by atoms with van der Waals surface area (Å²) in [6, 6.07) is 6.46. The van der Waals surface area contributed by atoms with Crippen molar-refractivity contribution in [3.63, 3.8) is 0 Å². The van der Waals surface area contributed by atoms with Crippen molar-refractivity contribution in [3.05, 3.63) is 81.0 Å². The SMILES string of the molecule is COc1cn(Cc2cc(F)cc(F)c2)c(Nc2c(C)ccc(C)c2F)nc1=O. The molecule has 0 fully saturated rings. The number of ether oxygens (including phenoxy) is 1. The number of nitrogens with one attached hydrogen (secondary N) is 1. The summed E-state index contributed by atoms with van der Waals surface area (Å²) >= 11 is 0. The molecular weight excluding hydrogens is 371 g/mol. The molecular formula is C20H18F3N3O2. The minimum Gasteiger partial charge on any atom is -0.490 e. The zero-order valence-corrected chi connectivity index (χ0v) is 15.5. The van der Waals surface area contributed by atoms with Gasteiger partial charge in [0, 0.05) is 6.07 Å². The highest BCUT2D eigenvalue weighted by Gasteiger charge is 2.15. The molecule has 0 bridgehead atoms. The third-order valence-electron chi connectivity index (χ3n) is 4.24. The van der Waals surface area contributed by atoms with Crippen LogP contribution < -0.4 is 15.6 Å². The van der Waals surface area contributed by atoms with Gasteiger partial charge in [-0.2, -0.15) is 4.98 Å². The zero-order chi connectivity index (χ0) is 20.4. The quantitative estimate of drug-likeness (QED) is 0.715. The van der Waals surface area contributed by atoms with Gasteiger partial charge in [-0.3, -0.25) is 4.79 Å². The summed E-state index contributed by atoms with van der Waals surface area (Å²) in [6.07, 6.45) is 1.35. The Balaban J connectivity index is 2.09. The summed E-state index contributed by atoms with van der Waals surface area (Å²) in [5.41, 5.74) is 0.836. The van der Waals surface area contributed by atoms with E-state index in [9.17, 15) is 18.0 Å². The number of methoxy groups -OCH3 is 1. The molecule has 3 rings (SSSR count). The molecule has 0 radical (unpaired) electrons. The Morgan fingerprint density at radius 1 is 1.07 bits per heavy atom. The van der Waals surface area contributed by atoms with Crippen LogP contribution in [0.4, 0.5) is 24.8 Å². The highest BCUT2D eigenvalue weighted by atomic mass is 19.1. The van der Waals surface area contributed by atoms with Crippen LogP contribution in [0.1, 0.15) is 16.7 Å². The Kier molecular flexibility index (Phi) is 5.39. The summed E-state index contributed by atoms with van der Waals surface area (Å²) in [6.45, 7) is 3.30. The number of rotatable bonds is 5. The van der Waals surface area contributed by atoms with Crippen LogP contribution in [0.2, 0.25) is 0 Å². The van der Waals surface area contributed by atoms with Gasteiger partial charge < -0.3 is 14.6 Å². The Labute approximate surface area is 159 Å². The molecule has 0 unspecified atom stereocenters. The first kappa shape index (κ1) is 19.5. The van der Waals surface area contributed by atoms with E-state index in [1.54, 1.807) is 26.0 Å². The van der Waals surface area contributed by atoms with E-state index in [1.165, 1.54) is 17.9 Å². The monoisotopic (exact) mass is 389 g/mol. The molecule has 0 saturated heterocycles. The molecule has 1 N–H and O–H groups in total. The Hall–Kier alpha value is -3.29. The van der Waals surface area contributed by atoms with Crippen LogP contribution in [-0.2, 0) is 6.54 Å². The largest absolute Gasteiger partial charge is 0.490 e. The van der Waals surface area contributed by atoms with Crippen LogP contribution in [0.5, 0.6) is 5.75 Å². The third-order valence-corrected chi connectivity index (χ3v) is 4.24. The first-order valence-electron chi connectivity index (χ1n) is 8.41. The lowest BCUT2D eigenvalue weighted by Gasteiger charge is -2.17. The van der Waals surface area contributed by atoms with Gasteiger partial charge in [0.15, 0.2) is 0 Å². The Morgan fingerprint density at radius 2 is 1.71 bits per heavy atom. The van der Waals surface area contributed by atoms with Gasteiger partial charge in [0.1, 0.15) is 17.5 Å². The maximum Gasteiger partial charge on any atom is 0.316 e. The van der Waals surface area contributed by atoms with E-state index in [0.717, 1.165) is 18.2 Å². The molecule has 2 aromatic carbocycles. The number of aromatic nitrogens is 2. The van der Waals surface area contributed by atoms with Crippen molar-refractivity contribution in [1.82, 2.24) is 9.55 Å². The highest BCUT2D eigenvalue weighted by molar-refractivity contribution is 5.61. The van der Waals surface area contributed by atoms with Crippen LogP contribution in [-0.4, -0.2) is 16.7 Å². The summed E-state index contributed by atoms with van der Waals surface area (Å²) < 4.78 is 48.0. The molecule has 0 spiro atoms. The van der Waals surface area contributed by atoms with Crippen molar-refractivity contribution < 1.29 is 17.9 Å². The first-order valence-corrected chi connectivity index (χ1v) is 8.41. The third kappa shape index (κ3) is 4.00. The van der Waals surface area contributed by atoms with E-state index < -0.39 is 23.0 Å². The minimum atomic E-state index is -0.731. The second-order valence-corrected chi connectivity index (χ2v) is 6.36. The van der Waals surface area contributed by atoms with Gasteiger partial charge in [-0.05, 0) is 42.7 Å². The number of aryl methyl sites for hydroxylation is 2. The molecule has 1 aromatic heterocycles. The lowest BCUT2D eigenvalue weighted by Crippen LogP contribution is -2.19. The maximum atomic E-state index is 14.6. The van der Waals surface area contributed by atoms with Crippen LogP contribution in [0.25, 0.3) is 0 Å². The topological polar surface area (TPSA) is 56.1 Å². The number of benzene rings is 2. The fourth-order valence-electron chi connectivity index (χ4n) is 2.77. The summed E-state index contributed by atoms with van der Waals surface area (Å²) in [7, 11) is 1.31. The summed E-state index contributed by atoms with van der Waals surface area (Å²) in [4.78, 5) is 16.0. The predicted molar refractivity (Wildman–Crippen MR) is 99.7 cm³/mol. The Morgan fingerprint density at radius 3 is 2.36 bits per heavy atom. The molecule has 0 amide bonds. The van der Waals surface area contributed by atoms with Crippen LogP contribution in [0.3, 0.4) is 0 Å². The lowest BCUT2D eigenvalue weighted by atomic mass is 10.1. The van der Waals surface area contributed by atoms with Gasteiger partial charge in [0.2, 0.25) is 11.7 Å². The average Bonchev–Trinajstić information content (AvgIpc) is 2.63. The maximum absolute atomic E-state index is 14.6. The zero-order valence-electron chi connectivity index (χ0n) is 15.5. The van der Waals surface area contributed by atoms with E-state index in [1.807, 2.05) is 0 Å². The number of anilines is 2. The van der Waals surface area contributed by atoms with Gasteiger partial charge in [0.05, 0.1) is 25.5 Å². The van der Waals surface area contributed by atoms with E-state index in [2.05, 4.69) is 10.3 Å². The molecule has 0 aliphatic carbocycles. The molecule has 0 aliphatic rings. The van der Waals surface area contributed by atoms with Crippen LogP contribution in [0, 0.1) is 31.3 Å². The number of hydrogen-bond donors (Lipinski definition) is 1. The summed E-state index contributed by atoms with van der Waals surface area (Å²) in [5, 5.41) is 2.83. The number of nitrogens with zero attached hydrogens (tertiary/aromatic N) is 2. The molecule has 0 saturated carbocycles. The van der Waals surface area contributed by atoms with Crippen LogP contribution in [0.15, 0.2) is 41.3 Å². The summed E-state index contributed by atoms with van der Waals surface area (Å²) in [5.74, 6) is -1.97. The van der Waals surface area contributed by atoms with Gasteiger partial charge in [-0.25, -0.2) is 13.2 Å². The molecule has 5 nitrogen and oxygen atoms in total. The molecule has 8 heteroatoms. The normalized spacial score (nSPS) is 10.8. The van der Waals surface area contributed by atoms with E-state index >= 15 is 0 Å². The van der Waals surface area contributed by atoms with Crippen molar-refractivity contribution in [2.75, 3.05) is 12.4 Å². The fraction of sp³-hybridized carbons (Fsp3) is 0.200. The minimum absolute atomic E-state index is 0.0167. The second-order valence-electron chi connectivity index (χ2n) is 6.36. The smallest absolute Gasteiger partial charge is 0.316 e. The van der Waals surface area contributed by atoms with E-state index in [4.69, 9.17) is 4.74 Å². The van der Waals surface area contributed by atoms with Crippen molar-refractivity contribution in [1.29, 1.82) is 0 Å². The average molecular weight is 389 g/mol. The fourth-order valence-corrected chi connectivity index (χ4v) is 2.77. The number of halogens is 3. The van der Waals surface area contributed by atoms with Gasteiger partial charge in [-0.15, -0.1) is 0 Å². The van der Waals surface area contributed by atoms with Gasteiger partial charge in [0.25, 0.3) is 0 Å². The highest BCUT2D eigenvalue weighted by Crippen LogP contribution is 2.26. The van der Waals surface area contributed by atoms with Gasteiger partial charge >= 0.3 is 5.56 Å². The molecule has 146 valence electrons. The number of hydrogen-bond acceptors (Lipinski definition) is 4. The standard InChI is InChI=1S/C20H18F3N3O2/c1-11-4-5-12(2)18(17(11)23)24-20-25-19(27)16(28-3)10-26(20)9-13-6-14(21)8-15(22)7-13/h4-8,10H,9H2,1-3H3,(H,24,25,27). The van der Waals surface area contributed by atoms with E-state index in [-0.39, 0.29) is 23.9 Å². The molecule has 0 atom stereocenters. The first-order chi connectivity index (χ1) is 13.3. The van der Waals surface area contributed by atoms with Crippen LogP contribution >= 0.6 is 0 Å². The van der Waals surface area contributed by atoms with Crippen molar-refractivity contribution in [2.45, 2.75) is 20.4 Å². The Bertz CT molecular complexity index is 1080. The van der Waals surface area contributed by atoms with Gasteiger partial charge in [-0.1, -0.05) is 12.1 Å². The second kappa shape index (κ2) is 7.75. The van der Waals surface area contributed by atoms with Crippen molar-refractivity contribution >= 4 is 11.6 Å². The molecule has 28 heavy (non-hydrogen) atoms. The molecule has 1 heterocycles. The molecule has 3 aromatic rings. The molecule has 0 aliphatic heterocycles. The van der Waals surface area contributed by atoms with E-state index in [0.29, 0.717) is 16.7 Å².